The zero-order valence-electron chi connectivity index (χ0n) is 28.1. The highest BCUT2D eigenvalue weighted by Crippen LogP contribution is 2.35. The lowest BCUT2D eigenvalue weighted by molar-refractivity contribution is -0.304. The number of aliphatic carboxylic acids is 1. The average molecular weight is 610 g/mol. The van der Waals surface area contributed by atoms with Gasteiger partial charge in [0.2, 0.25) is 5.91 Å². The molecule has 4 N–H and O–H groups in total. The molecule has 9 heteroatoms. The molecule has 0 radical (unpaired) electrons. The number of carboxylic acid groups (broad SMARTS) is 1. The van der Waals surface area contributed by atoms with Crippen molar-refractivity contribution in [3.05, 3.63) is 0 Å². The van der Waals surface area contributed by atoms with Crippen LogP contribution in [0.15, 0.2) is 0 Å². The Kier molecular flexibility index (Phi) is 16.3. The number of carbonyl (C=O) groups is 3. The number of carboxylic acids is 1. The normalized spacial score (nSPS) is 24.7. The number of carbonyl (C=O) groups excluding carboxylic acids is 2. The van der Waals surface area contributed by atoms with Crippen LogP contribution < -0.4 is 16.0 Å². The molecule has 1 heterocycles. The fourth-order valence-electron chi connectivity index (χ4n) is 6.54. The molecule has 3 amide bonds. The molecule has 250 valence electrons. The van der Waals surface area contributed by atoms with E-state index in [2.05, 4.69) is 29.8 Å². The van der Waals surface area contributed by atoms with E-state index in [9.17, 15) is 19.5 Å². The van der Waals surface area contributed by atoms with Gasteiger partial charge in [-0.1, -0.05) is 105 Å². The van der Waals surface area contributed by atoms with Gasteiger partial charge in [0.05, 0.1) is 12.5 Å². The molecular formula is C34H63N3O6. The fourth-order valence-corrected chi connectivity index (χ4v) is 6.54. The van der Waals surface area contributed by atoms with E-state index in [0.29, 0.717) is 13.0 Å². The minimum absolute atomic E-state index is 0.00628. The molecule has 0 bridgehead atoms. The maximum atomic E-state index is 13.3. The van der Waals surface area contributed by atoms with E-state index >= 15 is 0 Å². The number of nitrogens with one attached hydrogen (secondary N) is 3. The van der Waals surface area contributed by atoms with Gasteiger partial charge in [0.15, 0.2) is 5.79 Å². The molecule has 0 spiro atoms. The van der Waals surface area contributed by atoms with Crippen molar-refractivity contribution in [2.75, 3.05) is 13.2 Å². The molecule has 0 aromatic heterocycles. The molecule has 2 rings (SSSR count). The van der Waals surface area contributed by atoms with E-state index in [1.165, 1.54) is 44.9 Å². The first-order valence-electron chi connectivity index (χ1n) is 17.3. The quantitative estimate of drug-likeness (QED) is 0.0986. The van der Waals surface area contributed by atoms with Crippen LogP contribution in [0.2, 0.25) is 0 Å². The summed E-state index contributed by atoms with van der Waals surface area (Å²) in [6.07, 6.45) is 16.1. The van der Waals surface area contributed by atoms with Crippen LogP contribution in [-0.4, -0.2) is 60.1 Å². The molecule has 0 aromatic carbocycles. The highest BCUT2D eigenvalue weighted by atomic mass is 16.7. The predicted molar refractivity (Wildman–Crippen MR) is 171 cm³/mol. The zero-order valence-corrected chi connectivity index (χ0v) is 28.1. The van der Waals surface area contributed by atoms with Crippen LogP contribution in [-0.2, 0) is 19.1 Å². The molecule has 5 unspecified atom stereocenters. The molecular weight excluding hydrogens is 546 g/mol. The summed E-state index contributed by atoms with van der Waals surface area (Å²) >= 11 is 0. The van der Waals surface area contributed by atoms with Crippen LogP contribution in [0, 0.1) is 17.3 Å². The average Bonchev–Trinajstić information content (AvgIpc) is 3.17. The Bertz CT molecular complexity index is 848. The van der Waals surface area contributed by atoms with Gasteiger partial charge in [-0.25, -0.2) is 4.79 Å². The van der Waals surface area contributed by atoms with Crippen LogP contribution >= 0.6 is 0 Å². The van der Waals surface area contributed by atoms with Gasteiger partial charge in [0.1, 0.15) is 6.10 Å². The SMILES string of the molecule is CCCCCCCC(CCCCCC)NC(=O)NC1CCCCCC1C(CNC(=O)C1OC(C)(C)OCC1(C)C)C(=O)O. The monoisotopic (exact) mass is 609 g/mol. The molecule has 1 saturated carbocycles. The number of hydrogen-bond acceptors (Lipinski definition) is 5. The summed E-state index contributed by atoms with van der Waals surface area (Å²) in [5, 5.41) is 19.6. The molecule has 9 nitrogen and oxygen atoms in total. The third-order valence-corrected chi connectivity index (χ3v) is 9.25. The zero-order chi connectivity index (χ0) is 31.9. The van der Waals surface area contributed by atoms with Crippen molar-refractivity contribution in [2.24, 2.45) is 17.3 Å². The molecule has 0 aromatic rings. The topological polar surface area (TPSA) is 126 Å². The third-order valence-electron chi connectivity index (χ3n) is 9.25. The van der Waals surface area contributed by atoms with Gasteiger partial charge in [-0.3, -0.25) is 9.59 Å². The Morgan fingerprint density at radius 2 is 1.47 bits per heavy atom. The van der Waals surface area contributed by atoms with Crippen molar-refractivity contribution >= 4 is 17.9 Å². The van der Waals surface area contributed by atoms with Gasteiger partial charge in [-0.2, -0.15) is 0 Å². The maximum Gasteiger partial charge on any atom is 0.315 e. The number of ether oxygens (including phenoxy) is 2. The minimum atomic E-state index is -0.951. The van der Waals surface area contributed by atoms with E-state index in [4.69, 9.17) is 9.47 Å². The number of amides is 3. The van der Waals surface area contributed by atoms with Crippen molar-refractivity contribution in [2.45, 2.75) is 168 Å². The molecule has 2 aliphatic rings. The van der Waals surface area contributed by atoms with E-state index < -0.39 is 29.2 Å². The molecule has 43 heavy (non-hydrogen) atoms. The van der Waals surface area contributed by atoms with E-state index in [1.54, 1.807) is 13.8 Å². The minimum Gasteiger partial charge on any atom is -0.481 e. The van der Waals surface area contributed by atoms with Gasteiger partial charge in [-0.05, 0) is 45.4 Å². The van der Waals surface area contributed by atoms with Crippen LogP contribution in [0.25, 0.3) is 0 Å². The second-order valence-corrected chi connectivity index (χ2v) is 14.1. The highest BCUT2D eigenvalue weighted by Gasteiger charge is 2.46. The largest absolute Gasteiger partial charge is 0.481 e. The van der Waals surface area contributed by atoms with Gasteiger partial charge in [0.25, 0.3) is 0 Å². The molecule has 1 aliphatic carbocycles. The lowest BCUT2D eigenvalue weighted by Gasteiger charge is -2.44. The summed E-state index contributed by atoms with van der Waals surface area (Å²) < 4.78 is 11.7. The molecule has 2 fully saturated rings. The standard InChI is InChI=1S/C34H63N3O6/c1-7-9-11-13-16-20-25(19-15-12-10-8-2)36-32(41)37-28-22-18-14-17-21-26(28)27(31(39)40)23-35-30(38)29-33(3,4)24-42-34(5,6)43-29/h25-29H,7-24H2,1-6H3,(H,35,38)(H,39,40)(H2,36,37,41). The van der Waals surface area contributed by atoms with E-state index in [-0.39, 0.29) is 36.5 Å². The van der Waals surface area contributed by atoms with E-state index in [0.717, 1.165) is 51.4 Å². The first-order chi connectivity index (χ1) is 20.4. The first kappa shape index (κ1) is 37.3. The van der Waals surface area contributed by atoms with Crippen LogP contribution in [0.5, 0.6) is 0 Å². The summed E-state index contributed by atoms with van der Waals surface area (Å²) in [6, 6.07) is -0.330. The Morgan fingerprint density at radius 1 is 0.860 bits per heavy atom. The Balaban J connectivity index is 2.05. The summed E-state index contributed by atoms with van der Waals surface area (Å²) in [7, 11) is 0. The molecule has 1 saturated heterocycles. The lowest BCUT2D eigenvalue weighted by atomic mass is 9.82. The summed E-state index contributed by atoms with van der Waals surface area (Å²) in [5.41, 5.74) is -0.550. The van der Waals surface area contributed by atoms with Gasteiger partial charge in [-0.15, -0.1) is 0 Å². The highest BCUT2D eigenvalue weighted by molar-refractivity contribution is 5.82. The van der Waals surface area contributed by atoms with Crippen LogP contribution in [0.1, 0.15) is 144 Å². The van der Waals surface area contributed by atoms with Gasteiger partial charge in [0, 0.05) is 24.0 Å². The summed E-state index contributed by atoms with van der Waals surface area (Å²) in [5.74, 6) is -3.26. The lowest BCUT2D eigenvalue weighted by Crippen LogP contribution is -2.57. The Morgan fingerprint density at radius 3 is 2.09 bits per heavy atom. The van der Waals surface area contributed by atoms with Gasteiger partial charge < -0.3 is 30.5 Å². The fraction of sp³-hybridized carbons (Fsp3) is 0.912. The van der Waals surface area contributed by atoms with Crippen molar-refractivity contribution in [1.82, 2.24) is 16.0 Å². The molecule has 5 atom stereocenters. The number of unbranched alkanes of at least 4 members (excludes halogenated alkanes) is 7. The Labute approximate surface area is 261 Å². The maximum absolute atomic E-state index is 13.3. The first-order valence-corrected chi connectivity index (χ1v) is 17.3. The van der Waals surface area contributed by atoms with Gasteiger partial charge >= 0.3 is 12.0 Å². The number of rotatable bonds is 18. The van der Waals surface area contributed by atoms with Crippen LogP contribution in [0.4, 0.5) is 4.79 Å². The van der Waals surface area contributed by atoms with Crippen molar-refractivity contribution in [3.63, 3.8) is 0 Å². The third kappa shape index (κ3) is 13.3. The summed E-state index contributed by atoms with van der Waals surface area (Å²) in [6.45, 7) is 12.1. The van der Waals surface area contributed by atoms with Crippen molar-refractivity contribution in [3.8, 4) is 0 Å². The van der Waals surface area contributed by atoms with Crippen molar-refractivity contribution in [1.29, 1.82) is 0 Å². The second kappa shape index (κ2) is 18.8. The second-order valence-electron chi connectivity index (χ2n) is 14.1. The van der Waals surface area contributed by atoms with E-state index in [1.807, 2.05) is 13.8 Å². The smallest absolute Gasteiger partial charge is 0.315 e. The molecule has 1 aliphatic heterocycles. The van der Waals surface area contributed by atoms with Crippen LogP contribution in [0.3, 0.4) is 0 Å². The number of urea groups is 1. The van der Waals surface area contributed by atoms with Crippen molar-refractivity contribution < 1.29 is 29.0 Å². The Hall–Kier alpha value is -1.87. The number of hydrogen-bond donors (Lipinski definition) is 4. The summed E-state index contributed by atoms with van der Waals surface area (Å²) in [4.78, 5) is 39.2. The predicted octanol–water partition coefficient (Wildman–Crippen LogP) is 6.93.